The molecule has 0 aromatic heterocycles. The van der Waals surface area contributed by atoms with E-state index in [1.807, 2.05) is 24.3 Å². The summed E-state index contributed by atoms with van der Waals surface area (Å²) in [6.07, 6.45) is 7.44. The fourth-order valence-corrected chi connectivity index (χ4v) is 8.49. The average Bonchev–Trinajstić information content (AvgIpc) is 3.16. The van der Waals surface area contributed by atoms with Gasteiger partial charge in [-0.3, -0.25) is 14.4 Å². The second-order valence-corrected chi connectivity index (χ2v) is 16.1. The minimum absolute atomic E-state index is 0.0815. The summed E-state index contributed by atoms with van der Waals surface area (Å²) in [6.45, 7) is 7.26. The van der Waals surface area contributed by atoms with Gasteiger partial charge in [0.2, 0.25) is 5.91 Å². The van der Waals surface area contributed by atoms with Gasteiger partial charge in [0, 0.05) is 43.5 Å². The molecule has 49 heavy (non-hydrogen) atoms. The molecule has 1 spiro atoms. The summed E-state index contributed by atoms with van der Waals surface area (Å²) < 4.78 is 12.3. The topological polar surface area (TPSA) is 117 Å². The van der Waals surface area contributed by atoms with Crippen molar-refractivity contribution in [3.63, 3.8) is 0 Å². The van der Waals surface area contributed by atoms with Crippen molar-refractivity contribution in [1.82, 2.24) is 4.90 Å². The third-order valence-electron chi connectivity index (χ3n) is 11.1. The van der Waals surface area contributed by atoms with Gasteiger partial charge in [0.1, 0.15) is 16.8 Å². The molecule has 2 aromatic rings. The molecule has 264 valence electrons. The lowest BCUT2D eigenvalue weighted by atomic mass is 9.68. The van der Waals surface area contributed by atoms with Gasteiger partial charge < -0.3 is 29.5 Å². The standard InChI is InChI=1S/C39H49ClN2O7/c1-37(2,3)49-35(45)21-39(36(46)47)20-34(44)41(4)17-6-5-9-32(43)29-13-10-26(29)22-42-23-38(24-48-33-15-11-27(39)19-31(33)42)16-7-8-25-18-28(40)12-14-30(25)38/h5,9,11-12,14-15,18-19,26,29,32,43H,6-8,10,13,16-17,20-24H2,1-4H3,(H,46,47)/b9-5-/t26-,29+,32-,38-,39-/m0/s1. The summed E-state index contributed by atoms with van der Waals surface area (Å²) >= 11 is 6.44. The van der Waals surface area contributed by atoms with Crippen molar-refractivity contribution in [1.29, 1.82) is 0 Å². The predicted octanol–water partition coefficient (Wildman–Crippen LogP) is 6.06. The normalized spacial score (nSPS) is 29.5. The number of nitrogens with zero attached hydrogens (tertiary/aromatic N) is 2. The minimum atomic E-state index is -1.88. The Kier molecular flexibility index (Phi) is 9.81. The molecular weight excluding hydrogens is 644 g/mol. The zero-order valence-electron chi connectivity index (χ0n) is 29.0. The number of ether oxygens (including phenoxy) is 2. The van der Waals surface area contributed by atoms with E-state index in [4.69, 9.17) is 21.1 Å². The monoisotopic (exact) mass is 692 g/mol. The molecule has 2 heterocycles. The van der Waals surface area contributed by atoms with Gasteiger partial charge in [-0.05, 0) is 112 Å². The van der Waals surface area contributed by atoms with Gasteiger partial charge in [0.05, 0.1) is 24.8 Å². The van der Waals surface area contributed by atoms with Gasteiger partial charge in [-0.2, -0.15) is 0 Å². The van der Waals surface area contributed by atoms with Crippen molar-refractivity contribution < 1.29 is 34.1 Å². The number of amides is 1. The van der Waals surface area contributed by atoms with E-state index >= 15 is 0 Å². The Hall–Kier alpha value is -3.56. The van der Waals surface area contributed by atoms with Crippen molar-refractivity contribution in [2.75, 3.05) is 38.2 Å². The molecular formula is C39H49ClN2O7. The Labute approximate surface area is 294 Å². The first-order valence-corrected chi connectivity index (χ1v) is 17.9. The second-order valence-electron chi connectivity index (χ2n) is 15.6. The highest BCUT2D eigenvalue weighted by atomic mass is 35.5. The van der Waals surface area contributed by atoms with E-state index in [-0.39, 0.29) is 17.3 Å². The fourth-order valence-electron chi connectivity index (χ4n) is 8.30. The van der Waals surface area contributed by atoms with E-state index in [2.05, 4.69) is 17.0 Å². The third-order valence-corrected chi connectivity index (χ3v) is 11.3. The molecule has 9 nitrogen and oxygen atoms in total. The Morgan fingerprint density at radius 1 is 1.14 bits per heavy atom. The van der Waals surface area contributed by atoms with Crippen LogP contribution in [0.5, 0.6) is 5.75 Å². The summed E-state index contributed by atoms with van der Waals surface area (Å²) in [7, 11) is 1.64. The number of aliphatic carboxylic acids is 1. The van der Waals surface area contributed by atoms with Crippen LogP contribution in [-0.4, -0.2) is 78.0 Å². The summed E-state index contributed by atoms with van der Waals surface area (Å²) in [4.78, 5) is 44.4. The first kappa shape index (κ1) is 35.3. The Morgan fingerprint density at radius 3 is 2.65 bits per heavy atom. The van der Waals surface area contributed by atoms with E-state index in [1.165, 1.54) is 16.0 Å². The van der Waals surface area contributed by atoms with Crippen LogP contribution in [0.15, 0.2) is 48.6 Å². The van der Waals surface area contributed by atoms with Crippen LogP contribution in [0, 0.1) is 11.8 Å². The lowest BCUT2D eigenvalue weighted by Gasteiger charge is -2.45. The van der Waals surface area contributed by atoms with Gasteiger partial charge >= 0.3 is 11.9 Å². The summed E-state index contributed by atoms with van der Waals surface area (Å²) in [6, 6.07) is 11.4. The van der Waals surface area contributed by atoms with Gasteiger partial charge in [-0.25, -0.2) is 0 Å². The second kappa shape index (κ2) is 13.6. The van der Waals surface area contributed by atoms with Crippen LogP contribution >= 0.6 is 11.6 Å². The number of hydrogen-bond acceptors (Lipinski definition) is 7. The number of carbonyl (C=O) groups excluding carboxylic acids is 2. The SMILES string of the molecule is CN1CC/C=C\[C@H](O)[C@@H]2CC[C@H]2CN2C[C@@]3(CCCc4cc(Cl)ccc43)COc3ccc(cc32)[C@](CC(=O)OC(C)(C)C)(C(=O)O)CC1=O. The molecule has 4 aliphatic rings. The van der Waals surface area contributed by atoms with E-state index in [1.54, 1.807) is 40.0 Å². The molecule has 0 unspecified atom stereocenters. The number of benzene rings is 2. The Balaban J connectivity index is 1.49. The molecule has 1 fully saturated rings. The van der Waals surface area contributed by atoms with Crippen molar-refractivity contribution in [2.24, 2.45) is 11.8 Å². The molecule has 2 aromatic carbocycles. The molecule has 5 atom stereocenters. The number of anilines is 1. The van der Waals surface area contributed by atoms with E-state index in [9.17, 15) is 24.6 Å². The zero-order valence-corrected chi connectivity index (χ0v) is 29.8. The van der Waals surface area contributed by atoms with Gasteiger partial charge in [-0.15, -0.1) is 0 Å². The van der Waals surface area contributed by atoms with E-state index < -0.39 is 47.8 Å². The number of aliphatic hydroxyl groups excluding tert-OH is 1. The molecule has 0 radical (unpaired) electrons. The number of aliphatic hydroxyl groups is 1. The zero-order chi connectivity index (χ0) is 35.1. The summed E-state index contributed by atoms with van der Waals surface area (Å²) in [5, 5.41) is 22.9. The van der Waals surface area contributed by atoms with Crippen molar-refractivity contribution in [3.8, 4) is 5.75 Å². The highest BCUT2D eigenvalue weighted by Crippen LogP contribution is 2.48. The molecule has 1 saturated carbocycles. The van der Waals surface area contributed by atoms with Gasteiger partial charge in [0.15, 0.2) is 0 Å². The van der Waals surface area contributed by atoms with Gasteiger partial charge in [-0.1, -0.05) is 35.9 Å². The fraction of sp³-hybridized carbons (Fsp3) is 0.564. The lowest BCUT2D eigenvalue weighted by Crippen LogP contribution is -2.49. The molecule has 2 bridgehead atoms. The Morgan fingerprint density at radius 2 is 1.94 bits per heavy atom. The van der Waals surface area contributed by atoms with Crippen molar-refractivity contribution in [2.45, 2.75) is 94.7 Å². The highest BCUT2D eigenvalue weighted by Gasteiger charge is 2.48. The summed E-state index contributed by atoms with van der Waals surface area (Å²) in [5.74, 6) is -1.43. The first-order valence-electron chi connectivity index (χ1n) is 17.5. The molecule has 2 N–H and O–H groups in total. The predicted molar refractivity (Wildman–Crippen MR) is 188 cm³/mol. The molecule has 10 heteroatoms. The number of aryl methyl sites for hydroxylation is 1. The highest BCUT2D eigenvalue weighted by molar-refractivity contribution is 6.30. The lowest BCUT2D eigenvalue weighted by molar-refractivity contribution is -0.162. The third kappa shape index (κ3) is 7.20. The van der Waals surface area contributed by atoms with Crippen LogP contribution in [0.1, 0.15) is 82.4 Å². The molecule has 1 amide bonds. The number of carboxylic acid groups (broad SMARTS) is 1. The average molecular weight is 693 g/mol. The first-order chi connectivity index (χ1) is 23.2. The van der Waals surface area contributed by atoms with Crippen LogP contribution in [-0.2, 0) is 36.4 Å². The van der Waals surface area contributed by atoms with E-state index in [0.29, 0.717) is 49.0 Å². The number of rotatable bonds is 3. The van der Waals surface area contributed by atoms with Crippen LogP contribution < -0.4 is 9.64 Å². The smallest absolute Gasteiger partial charge is 0.315 e. The summed E-state index contributed by atoms with van der Waals surface area (Å²) in [5.41, 5.74) is 0.464. The number of carboxylic acids is 1. The molecule has 2 aliphatic carbocycles. The number of fused-ring (bicyclic) bond motifs is 4. The number of hydrogen-bond donors (Lipinski definition) is 2. The van der Waals surface area contributed by atoms with Crippen LogP contribution in [0.25, 0.3) is 0 Å². The number of halogens is 1. The van der Waals surface area contributed by atoms with Crippen LogP contribution in [0.2, 0.25) is 5.02 Å². The van der Waals surface area contributed by atoms with Gasteiger partial charge in [0.25, 0.3) is 0 Å². The maximum absolute atomic E-state index is 13.7. The largest absolute Gasteiger partial charge is 0.490 e. The molecule has 2 aliphatic heterocycles. The number of carbonyl (C=O) groups is 3. The van der Waals surface area contributed by atoms with Crippen LogP contribution in [0.3, 0.4) is 0 Å². The van der Waals surface area contributed by atoms with Crippen LogP contribution in [0.4, 0.5) is 5.69 Å². The van der Waals surface area contributed by atoms with Crippen molar-refractivity contribution in [3.05, 3.63) is 70.3 Å². The molecule has 0 saturated heterocycles. The number of esters is 1. The maximum Gasteiger partial charge on any atom is 0.315 e. The maximum atomic E-state index is 13.7. The minimum Gasteiger partial charge on any atom is -0.490 e. The Bertz CT molecular complexity index is 1640. The molecule has 6 rings (SSSR count). The quantitative estimate of drug-likeness (QED) is 0.295. The van der Waals surface area contributed by atoms with E-state index in [0.717, 1.165) is 37.8 Å². The van der Waals surface area contributed by atoms with Crippen molar-refractivity contribution >= 4 is 35.1 Å².